The van der Waals surface area contributed by atoms with Crippen molar-refractivity contribution < 1.29 is 4.79 Å². The fourth-order valence-electron chi connectivity index (χ4n) is 1.81. The largest absolute Gasteiger partial charge is 0.397 e. The summed E-state index contributed by atoms with van der Waals surface area (Å²) >= 11 is 5.91. The summed E-state index contributed by atoms with van der Waals surface area (Å²) in [6.07, 6.45) is 3.26. The Balaban J connectivity index is 2.99. The van der Waals surface area contributed by atoms with Crippen molar-refractivity contribution in [2.75, 3.05) is 12.8 Å². The molecule has 94 valence electrons. The van der Waals surface area contributed by atoms with Crippen LogP contribution in [-0.4, -0.2) is 28.9 Å². The number of nitrogens with two attached hydrogens (primary N) is 1. The van der Waals surface area contributed by atoms with Crippen LogP contribution < -0.4 is 5.73 Å². The van der Waals surface area contributed by atoms with Gasteiger partial charge in [0.25, 0.3) is 5.91 Å². The number of carbonyl (C=O) groups is 1. The number of rotatable bonds is 4. The van der Waals surface area contributed by atoms with Crippen LogP contribution in [0.1, 0.15) is 37.0 Å². The molecule has 4 nitrogen and oxygen atoms in total. The molecule has 0 aliphatic rings. The lowest BCUT2D eigenvalue weighted by Crippen LogP contribution is -2.36. The predicted octanol–water partition coefficient (Wildman–Crippen LogP) is 2.58. The normalized spacial score (nSPS) is 10.6. The number of hydrogen-bond acceptors (Lipinski definition) is 3. The molecule has 0 radical (unpaired) electrons. The molecule has 0 fully saturated rings. The van der Waals surface area contributed by atoms with Crippen LogP contribution in [0.25, 0.3) is 0 Å². The zero-order valence-electron chi connectivity index (χ0n) is 10.4. The van der Waals surface area contributed by atoms with E-state index in [0.717, 1.165) is 12.8 Å². The molecule has 0 saturated carbocycles. The maximum absolute atomic E-state index is 12.2. The maximum atomic E-state index is 12.2. The van der Waals surface area contributed by atoms with Gasteiger partial charge in [0.2, 0.25) is 0 Å². The van der Waals surface area contributed by atoms with E-state index in [0.29, 0.717) is 11.3 Å². The minimum atomic E-state index is -0.136. The van der Waals surface area contributed by atoms with Crippen molar-refractivity contribution in [3.8, 4) is 0 Å². The van der Waals surface area contributed by atoms with Gasteiger partial charge in [-0.3, -0.25) is 4.79 Å². The first kappa shape index (κ1) is 13.8. The SMILES string of the molecule is CCC(CC)N(C)C(=O)c1cc(N)cnc1Cl. The minimum Gasteiger partial charge on any atom is -0.397 e. The summed E-state index contributed by atoms with van der Waals surface area (Å²) in [6, 6.07) is 1.77. The molecular weight excluding hydrogens is 238 g/mol. The lowest BCUT2D eigenvalue weighted by Gasteiger charge is -2.26. The average molecular weight is 256 g/mol. The van der Waals surface area contributed by atoms with Gasteiger partial charge in [0.05, 0.1) is 17.4 Å². The van der Waals surface area contributed by atoms with Gasteiger partial charge in [-0.2, -0.15) is 0 Å². The molecule has 2 N–H and O–H groups in total. The lowest BCUT2D eigenvalue weighted by atomic mass is 10.1. The second-order valence-electron chi connectivity index (χ2n) is 3.99. The summed E-state index contributed by atoms with van der Waals surface area (Å²) in [5, 5.41) is 0.196. The third-order valence-electron chi connectivity index (χ3n) is 2.90. The molecule has 0 aliphatic carbocycles. The molecule has 0 aliphatic heterocycles. The van der Waals surface area contributed by atoms with E-state index < -0.39 is 0 Å². The van der Waals surface area contributed by atoms with Gasteiger partial charge in [0.1, 0.15) is 5.15 Å². The number of anilines is 1. The summed E-state index contributed by atoms with van der Waals surface area (Å²) in [5.41, 5.74) is 6.42. The number of hydrogen-bond donors (Lipinski definition) is 1. The molecule has 17 heavy (non-hydrogen) atoms. The first-order chi connectivity index (χ1) is 8.01. The fraction of sp³-hybridized carbons (Fsp3) is 0.500. The minimum absolute atomic E-state index is 0.136. The Morgan fingerprint density at radius 1 is 1.53 bits per heavy atom. The van der Waals surface area contributed by atoms with E-state index in [4.69, 9.17) is 17.3 Å². The fourth-order valence-corrected chi connectivity index (χ4v) is 1.99. The van der Waals surface area contributed by atoms with Crippen LogP contribution in [0, 0.1) is 0 Å². The van der Waals surface area contributed by atoms with Gasteiger partial charge in [-0.1, -0.05) is 25.4 Å². The van der Waals surface area contributed by atoms with E-state index in [-0.39, 0.29) is 17.1 Å². The van der Waals surface area contributed by atoms with Crippen LogP contribution in [0.3, 0.4) is 0 Å². The van der Waals surface area contributed by atoms with E-state index in [1.54, 1.807) is 18.0 Å². The highest BCUT2D eigenvalue weighted by atomic mass is 35.5. The number of halogens is 1. The zero-order chi connectivity index (χ0) is 13.0. The zero-order valence-corrected chi connectivity index (χ0v) is 11.2. The molecule has 0 unspecified atom stereocenters. The molecule has 5 heteroatoms. The van der Waals surface area contributed by atoms with E-state index >= 15 is 0 Å². The summed E-state index contributed by atoms with van der Waals surface area (Å²) in [5.74, 6) is -0.136. The van der Waals surface area contributed by atoms with E-state index in [1.807, 2.05) is 0 Å². The number of carbonyl (C=O) groups excluding carboxylic acids is 1. The number of nitrogen functional groups attached to an aromatic ring is 1. The second kappa shape index (κ2) is 5.87. The number of amides is 1. The van der Waals surface area contributed by atoms with Crippen LogP contribution in [0.4, 0.5) is 5.69 Å². The van der Waals surface area contributed by atoms with Crippen molar-refractivity contribution >= 4 is 23.2 Å². The van der Waals surface area contributed by atoms with Crippen LogP contribution in [0.15, 0.2) is 12.3 Å². The monoisotopic (exact) mass is 255 g/mol. The van der Waals surface area contributed by atoms with E-state index in [9.17, 15) is 4.79 Å². The molecule has 1 rings (SSSR count). The van der Waals surface area contributed by atoms with Crippen molar-refractivity contribution in [2.24, 2.45) is 0 Å². The van der Waals surface area contributed by atoms with E-state index in [1.165, 1.54) is 6.20 Å². The first-order valence-electron chi connectivity index (χ1n) is 5.69. The third-order valence-corrected chi connectivity index (χ3v) is 3.20. The Labute approximate surface area is 107 Å². The highest BCUT2D eigenvalue weighted by molar-refractivity contribution is 6.32. The maximum Gasteiger partial charge on any atom is 0.257 e. The third kappa shape index (κ3) is 3.09. The molecule has 1 aromatic rings. The highest BCUT2D eigenvalue weighted by Crippen LogP contribution is 2.19. The summed E-state index contributed by atoms with van der Waals surface area (Å²) < 4.78 is 0. The molecule has 0 saturated heterocycles. The van der Waals surface area contributed by atoms with Gasteiger partial charge in [-0.15, -0.1) is 0 Å². The van der Waals surface area contributed by atoms with Crippen LogP contribution in [0.2, 0.25) is 5.15 Å². The molecule has 1 amide bonds. The molecule has 0 bridgehead atoms. The molecular formula is C12H18ClN3O. The Morgan fingerprint density at radius 2 is 2.12 bits per heavy atom. The molecule has 0 aromatic carbocycles. The van der Waals surface area contributed by atoms with Crippen LogP contribution in [-0.2, 0) is 0 Å². The molecule has 0 spiro atoms. The summed E-state index contributed by atoms with van der Waals surface area (Å²) in [6.45, 7) is 4.11. The highest BCUT2D eigenvalue weighted by Gasteiger charge is 2.21. The predicted molar refractivity (Wildman–Crippen MR) is 70.1 cm³/mol. The molecule has 0 atom stereocenters. The Morgan fingerprint density at radius 3 is 2.65 bits per heavy atom. The Hall–Kier alpha value is -1.29. The number of pyridine rings is 1. The number of nitrogens with zero attached hydrogens (tertiary/aromatic N) is 2. The quantitative estimate of drug-likeness (QED) is 0.842. The standard InChI is InChI=1S/C12H18ClN3O/c1-4-9(5-2)16(3)12(17)10-6-8(14)7-15-11(10)13/h6-7,9H,4-5,14H2,1-3H3. The lowest BCUT2D eigenvalue weighted by molar-refractivity contribution is 0.0723. The first-order valence-corrected chi connectivity index (χ1v) is 6.07. The molecule has 1 heterocycles. The Kier molecular flexibility index (Phi) is 4.75. The van der Waals surface area contributed by atoms with Gasteiger partial charge in [0, 0.05) is 13.1 Å². The van der Waals surface area contributed by atoms with Crippen molar-refractivity contribution in [3.63, 3.8) is 0 Å². The van der Waals surface area contributed by atoms with Crippen LogP contribution >= 0.6 is 11.6 Å². The van der Waals surface area contributed by atoms with Crippen molar-refractivity contribution in [1.29, 1.82) is 0 Å². The van der Waals surface area contributed by atoms with Crippen molar-refractivity contribution in [2.45, 2.75) is 32.7 Å². The summed E-state index contributed by atoms with van der Waals surface area (Å²) in [4.78, 5) is 17.8. The second-order valence-corrected chi connectivity index (χ2v) is 4.35. The smallest absolute Gasteiger partial charge is 0.257 e. The topological polar surface area (TPSA) is 59.2 Å². The van der Waals surface area contributed by atoms with Crippen molar-refractivity contribution in [3.05, 3.63) is 23.0 Å². The van der Waals surface area contributed by atoms with Gasteiger partial charge < -0.3 is 10.6 Å². The Bertz CT molecular complexity index is 405. The van der Waals surface area contributed by atoms with Gasteiger partial charge >= 0.3 is 0 Å². The van der Waals surface area contributed by atoms with Gasteiger partial charge in [-0.05, 0) is 18.9 Å². The summed E-state index contributed by atoms with van der Waals surface area (Å²) in [7, 11) is 1.78. The van der Waals surface area contributed by atoms with E-state index in [2.05, 4.69) is 18.8 Å². The van der Waals surface area contributed by atoms with Crippen molar-refractivity contribution in [1.82, 2.24) is 9.88 Å². The van der Waals surface area contributed by atoms with Crippen LogP contribution in [0.5, 0.6) is 0 Å². The molecule has 1 aromatic heterocycles. The van der Waals surface area contributed by atoms with Gasteiger partial charge in [-0.25, -0.2) is 4.98 Å². The number of aromatic nitrogens is 1. The van der Waals surface area contributed by atoms with Gasteiger partial charge in [0.15, 0.2) is 0 Å². The average Bonchev–Trinajstić information content (AvgIpc) is 2.32.